The van der Waals surface area contributed by atoms with E-state index in [9.17, 15) is 4.79 Å². The number of carbonyl (C=O) groups excluding carboxylic acids is 1. The highest BCUT2D eigenvalue weighted by Gasteiger charge is 2.44. The summed E-state index contributed by atoms with van der Waals surface area (Å²) in [5, 5.41) is 12.3. The first-order chi connectivity index (χ1) is 15.2. The number of para-hydroxylation sites is 1. The van der Waals surface area contributed by atoms with E-state index in [-0.39, 0.29) is 5.91 Å². The normalized spacial score (nSPS) is 19.8. The zero-order chi connectivity index (χ0) is 20.8. The van der Waals surface area contributed by atoms with Crippen LogP contribution < -0.4 is 0 Å². The third-order valence-corrected chi connectivity index (χ3v) is 6.75. The van der Waals surface area contributed by atoms with Crippen molar-refractivity contribution in [3.8, 4) is 5.69 Å². The average molecular weight is 419 g/mol. The quantitative estimate of drug-likeness (QED) is 0.689. The number of piperidine rings is 1. The van der Waals surface area contributed by atoms with E-state index >= 15 is 0 Å². The molecule has 1 amide bonds. The Morgan fingerprint density at radius 2 is 1.94 bits per heavy atom. The summed E-state index contributed by atoms with van der Waals surface area (Å²) in [6.07, 6.45) is 5.25. The molecule has 1 saturated heterocycles. The van der Waals surface area contributed by atoms with Crippen LogP contribution in [-0.2, 0) is 34.5 Å². The first kappa shape index (κ1) is 18.8. The molecule has 1 N–H and O–H groups in total. The lowest BCUT2D eigenvalue weighted by Gasteiger charge is -2.42. The van der Waals surface area contributed by atoms with Crippen LogP contribution in [0.25, 0.3) is 5.69 Å². The van der Waals surface area contributed by atoms with Crippen LogP contribution in [-0.4, -0.2) is 57.1 Å². The minimum atomic E-state index is -0.418. The molecule has 0 atom stereocenters. The largest absolute Gasteiger partial charge is 0.376 e. The molecule has 3 aliphatic rings. The van der Waals surface area contributed by atoms with Gasteiger partial charge >= 0.3 is 0 Å². The van der Waals surface area contributed by atoms with E-state index in [1.165, 1.54) is 5.56 Å². The standard InChI is InChI=1S/C23H25N5O3/c29-22(20-18-15-30-12-7-19(18)24-25-20)27-10-8-23(9-11-27)21-16(6-13-31-23)14-28(26-21)17-4-2-1-3-5-17/h1-5,14H,6-13,15H2,(H,24,25). The third-order valence-electron chi connectivity index (χ3n) is 6.75. The predicted octanol–water partition coefficient (Wildman–Crippen LogP) is 2.37. The van der Waals surface area contributed by atoms with Gasteiger partial charge in [0.05, 0.1) is 31.2 Å². The summed E-state index contributed by atoms with van der Waals surface area (Å²) in [4.78, 5) is 15.1. The lowest BCUT2D eigenvalue weighted by atomic mass is 9.83. The summed E-state index contributed by atoms with van der Waals surface area (Å²) in [6.45, 7) is 3.06. The van der Waals surface area contributed by atoms with E-state index in [1.807, 2.05) is 27.8 Å². The van der Waals surface area contributed by atoms with Crippen LogP contribution in [0.15, 0.2) is 36.5 Å². The minimum Gasteiger partial charge on any atom is -0.376 e. The number of hydrogen-bond acceptors (Lipinski definition) is 5. The van der Waals surface area contributed by atoms with Crippen molar-refractivity contribution in [2.24, 2.45) is 0 Å². The number of aromatic amines is 1. The van der Waals surface area contributed by atoms with Gasteiger partial charge in [0, 0.05) is 37.0 Å². The van der Waals surface area contributed by atoms with Crippen molar-refractivity contribution in [1.29, 1.82) is 0 Å². The van der Waals surface area contributed by atoms with Crippen LogP contribution in [0.5, 0.6) is 0 Å². The van der Waals surface area contributed by atoms with E-state index in [0.29, 0.717) is 38.6 Å². The Kier molecular flexibility index (Phi) is 4.43. The third kappa shape index (κ3) is 3.09. The highest BCUT2D eigenvalue weighted by atomic mass is 16.5. The Morgan fingerprint density at radius 3 is 2.77 bits per heavy atom. The van der Waals surface area contributed by atoms with Crippen LogP contribution >= 0.6 is 0 Å². The number of likely N-dealkylation sites (tertiary alicyclic amines) is 1. The maximum absolute atomic E-state index is 13.2. The fourth-order valence-corrected chi connectivity index (χ4v) is 5.00. The van der Waals surface area contributed by atoms with Crippen molar-refractivity contribution >= 4 is 5.91 Å². The maximum Gasteiger partial charge on any atom is 0.274 e. The van der Waals surface area contributed by atoms with Gasteiger partial charge in [0.25, 0.3) is 5.91 Å². The average Bonchev–Trinajstić information content (AvgIpc) is 3.45. The zero-order valence-corrected chi connectivity index (χ0v) is 17.3. The number of benzene rings is 1. The van der Waals surface area contributed by atoms with Crippen molar-refractivity contribution in [3.63, 3.8) is 0 Å². The summed E-state index contributed by atoms with van der Waals surface area (Å²) >= 11 is 0. The first-order valence-electron chi connectivity index (χ1n) is 11.0. The van der Waals surface area contributed by atoms with Gasteiger partial charge in [-0.3, -0.25) is 9.89 Å². The van der Waals surface area contributed by atoms with Crippen LogP contribution in [0.2, 0.25) is 0 Å². The molecule has 0 unspecified atom stereocenters. The van der Waals surface area contributed by atoms with Crippen molar-refractivity contribution in [1.82, 2.24) is 24.9 Å². The van der Waals surface area contributed by atoms with Crippen LogP contribution in [0.4, 0.5) is 0 Å². The van der Waals surface area contributed by atoms with Gasteiger partial charge in [0.2, 0.25) is 0 Å². The predicted molar refractivity (Wildman–Crippen MR) is 112 cm³/mol. The number of amides is 1. The molecule has 8 nitrogen and oxygen atoms in total. The minimum absolute atomic E-state index is 0.0244. The Balaban J connectivity index is 1.23. The smallest absolute Gasteiger partial charge is 0.274 e. The molecular weight excluding hydrogens is 394 g/mol. The van der Waals surface area contributed by atoms with Crippen molar-refractivity contribution in [2.75, 3.05) is 26.3 Å². The van der Waals surface area contributed by atoms with Crippen molar-refractivity contribution in [3.05, 3.63) is 64.7 Å². The van der Waals surface area contributed by atoms with E-state index in [2.05, 4.69) is 28.5 Å². The molecule has 6 rings (SSSR count). The lowest BCUT2D eigenvalue weighted by Crippen LogP contribution is -2.48. The summed E-state index contributed by atoms with van der Waals surface area (Å²) in [5.74, 6) is -0.0244. The summed E-state index contributed by atoms with van der Waals surface area (Å²) < 4.78 is 13.8. The number of nitrogens with one attached hydrogen (secondary N) is 1. The molecule has 5 heterocycles. The molecule has 1 aromatic carbocycles. The van der Waals surface area contributed by atoms with Gasteiger partial charge in [-0.1, -0.05) is 18.2 Å². The van der Waals surface area contributed by atoms with Gasteiger partial charge in [-0.15, -0.1) is 0 Å². The molecule has 0 saturated carbocycles. The van der Waals surface area contributed by atoms with Gasteiger partial charge in [-0.25, -0.2) is 4.68 Å². The number of ether oxygens (including phenoxy) is 2. The van der Waals surface area contributed by atoms with Crippen LogP contribution in [0.1, 0.15) is 45.8 Å². The molecule has 3 aromatic rings. The SMILES string of the molecule is O=C(c1n[nH]c2c1COCC2)N1CCC2(CC1)OCCc1cn(-c3ccccc3)nc12. The van der Waals surface area contributed by atoms with Gasteiger partial charge < -0.3 is 14.4 Å². The van der Waals surface area contributed by atoms with Gasteiger partial charge in [0.1, 0.15) is 5.60 Å². The first-order valence-corrected chi connectivity index (χ1v) is 11.0. The number of hydrogen-bond donors (Lipinski definition) is 1. The molecule has 8 heteroatoms. The summed E-state index contributed by atoms with van der Waals surface area (Å²) in [7, 11) is 0. The molecule has 3 aliphatic heterocycles. The Bertz CT molecular complexity index is 1110. The second kappa shape index (κ2) is 7.32. The van der Waals surface area contributed by atoms with Crippen molar-refractivity contribution < 1.29 is 14.3 Å². The Morgan fingerprint density at radius 1 is 1.10 bits per heavy atom. The molecule has 160 valence electrons. The number of nitrogens with zero attached hydrogens (tertiary/aromatic N) is 4. The summed E-state index contributed by atoms with van der Waals surface area (Å²) in [6, 6.07) is 10.2. The molecule has 1 fully saturated rings. The molecule has 1 spiro atoms. The molecule has 2 aromatic heterocycles. The Labute approximate surface area is 180 Å². The zero-order valence-electron chi connectivity index (χ0n) is 17.3. The van der Waals surface area contributed by atoms with Crippen LogP contribution in [0, 0.1) is 0 Å². The van der Waals surface area contributed by atoms with E-state index in [0.717, 1.165) is 48.3 Å². The van der Waals surface area contributed by atoms with Gasteiger partial charge in [-0.05, 0) is 37.0 Å². The fourth-order valence-electron chi connectivity index (χ4n) is 5.00. The molecule has 0 aliphatic carbocycles. The van der Waals surface area contributed by atoms with Crippen LogP contribution in [0.3, 0.4) is 0 Å². The van der Waals surface area contributed by atoms with Crippen molar-refractivity contribution in [2.45, 2.75) is 37.9 Å². The highest BCUT2D eigenvalue weighted by molar-refractivity contribution is 5.94. The number of H-pyrrole nitrogens is 1. The van der Waals surface area contributed by atoms with E-state index in [1.54, 1.807) is 0 Å². The second-order valence-corrected chi connectivity index (χ2v) is 8.50. The second-order valence-electron chi connectivity index (χ2n) is 8.50. The lowest BCUT2D eigenvalue weighted by molar-refractivity contribution is -0.0964. The highest BCUT2D eigenvalue weighted by Crippen LogP contribution is 2.41. The van der Waals surface area contributed by atoms with Gasteiger partial charge in [-0.2, -0.15) is 10.2 Å². The molecular formula is C23H25N5O3. The summed E-state index contributed by atoms with van der Waals surface area (Å²) in [5.41, 5.74) is 5.34. The number of fused-ring (bicyclic) bond motifs is 3. The number of aromatic nitrogens is 4. The molecule has 31 heavy (non-hydrogen) atoms. The fraction of sp³-hybridized carbons (Fsp3) is 0.435. The Hall–Kier alpha value is -2.97. The topological polar surface area (TPSA) is 85.3 Å². The number of carbonyl (C=O) groups is 1. The number of rotatable bonds is 2. The van der Waals surface area contributed by atoms with E-state index in [4.69, 9.17) is 14.6 Å². The molecule has 0 bridgehead atoms. The maximum atomic E-state index is 13.2. The van der Waals surface area contributed by atoms with E-state index < -0.39 is 5.60 Å². The van der Waals surface area contributed by atoms with Gasteiger partial charge in [0.15, 0.2) is 5.69 Å². The molecule has 0 radical (unpaired) electrons. The monoisotopic (exact) mass is 419 g/mol.